The molecule has 0 saturated carbocycles. The molecular formula is C34H60N4O7. The first-order chi connectivity index (χ1) is 21.3. The molecule has 0 aromatic carbocycles. The van der Waals surface area contributed by atoms with Gasteiger partial charge in [-0.2, -0.15) is 0 Å². The van der Waals surface area contributed by atoms with E-state index in [1.165, 1.54) is 7.11 Å². The van der Waals surface area contributed by atoms with Gasteiger partial charge in [-0.1, -0.05) is 64.8 Å². The Hall–Kier alpha value is -2.31. The molecule has 2 aliphatic rings. The second kappa shape index (κ2) is 18.7. The number of hydrogen-bond acceptors (Lipinski definition) is 8. The fourth-order valence-electron chi connectivity index (χ4n) is 6.60. The van der Waals surface area contributed by atoms with Crippen LogP contribution in [0.2, 0.25) is 0 Å². The highest BCUT2D eigenvalue weighted by atomic mass is 16.6. The van der Waals surface area contributed by atoms with E-state index in [1.807, 2.05) is 19.9 Å². The number of nitrogens with zero attached hydrogens (tertiary/aromatic N) is 2. The van der Waals surface area contributed by atoms with Crippen LogP contribution in [-0.2, 0) is 28.6 Å². The van der Waals surface area contributed by atoms with Crippen molar-refractivity contribution in [2.75, 3.05) is 34.9 Å². The summed E-state index contributed by atoms with van der Waals surface area (Å²) in [6.45, 7) is 10.3. The maximum atomic E-state index is 13.9. The second-order valence-corrected chi connectivity index (χ2v) is 13.1. The van der Waals surface area contributed by atoms with E-state index >= 15 is 0 Å². The number of carbonyl (C=O) groups is 3. The van der Waals surface area contributed by atoms with Gasteiger partial charge in [-0.25, -0.2) is 0 Å². The van der Waals surface area contributed by atoms with Gasteiger partial charge in [-0.3, -0.25) is 14.4 Å². The fraction of sp³-hybridized carbons (Fsp3) is 0.794. The van der Waals surface area contributed by atoms with Crippen molar-refractivity contribution in [3.05, 3.63) is 23.8 Å². The molecule has 1 saturated heterocycles. The molecule has 45 heavy (non-hydrogen) atoms. The number of amides is 3. The molecule has 11 heteroatoms. The summed E-state index contributed by atoms with van der Waals surface area (Å²) in [4.78, 5) is 44.2. The number of methoxy groups -OCH3 is 3. The van der Waals surface area contributed by atoms with Gasteiger partial charge in [0.2, 0.25) is 17.7 Å². The van der Waals surface area contributed by atoms with E-state index in [9.17, 15) is 19.5 Å². The number of aliphatic hydroxyl groups is 1. The number of aliphatic hydroxyl groups excluding tert-OH is 1. The second-order valence-electron chi connectivity index (χ2n) is 13.1. The van der Waals surface area contributed by atoms with Crippen molar-refractivity contribution >= 4 is 17.7 Å². The first-order valence-corrected chi connectivity index (χ1v) is 16.6. The van der Waals surface area contributed by atoms with Gasteiger partial charge >= 0.3 is 0 Å². The molecule has 0 aromatic rings. The van der Waals surface area contributed by atoms with Crippen LogP contribution in [0.3, 0.4) is 0 Å². The molecule has 2 rings (SSSR count). The summed E-state index contributed by atoms with van der Waals surface area (Å²) in [5.74, 6) is -1.12. The fourth-order valence-corrected chi connectivity index (χ4v) is 6.60. The number of nitrogens with one attached hydrogen (secondary N) is 1. The molecule has 11 nitrogen and oxygen atoms in total. The molecule has 4 N–H and O–H groups in total. The Kier molecular flexibility index (Phi) is 16.2. The van der Waals surface area contributed by atoms with Gasteiger partial charge in [0.1, 0.15) is 0 Å². The molecule has 1 aliphatic heterocycles. The summed E-state index contributed by atoms with van der Waals surface area (Å²) < 4.78 is 17.0. The van der Waals surface area contributed by atoms with Gasteiger partial charge in [0.15, 0.2) is 6.29 Å². The Balaban J connectivity index is 2.20. The SMILES string of the molecule is CC[C@H](C)[C@@H]([C@@H](CC(=O)N1CCC[C@H]1[C@H](OC)[C@@H](C)C(=O)N[C@@H](CC1=CCCC=C1)C(O)OC)OC)N(C)C(=O)[C@@H](N)C(C)C. The summed E-state index contributed by atoms with van der Waals surface area (Å²) >= 11 is 0. The average Bonchev–Trinajstić information content (AvgIpc) is 3.52. The van der Waals surface area contributed by atoms with Gasteiger partial charge in [0.25, 0.3) is 0 Å². The molecule has 3 amide bonds. The number of carbonyl (C=O) groups excluding carboxylic acids is 3. The van der Waals surface area contributed by atoms with Crippen LogP contribution in [0.25, 0.3) is 0 Å². The molecule has 0 radical (unpaired) electrons. The van der Waals surface area contributed by atoms with Gasteiger partial charge in [0, 0.05) is 34.9 Å². The number of likely N-dealkylation sites (N-methyl/N-ethyl adjacent to an activating group) is 1. The normalized spacial score (nSPS) is 22.2. The van der Waals surface area contributed by atoms with E-state index in [0.29, 0.717) is 19.4 Å². The molecule has 0 spiro atoms. The molecule has 0 bridgehead atoms. The van der Waals surface area contributed by atoms with E-state index < -0.39 is 36.5 Å². The van der Waals surface area contributed by atoms with E-state index in [-0.39, 0.29) is 48.1 Å². The predicted octanol–water partition coefficient (Wildman–Crippen LogP) is 3.01. The molecule has 0 aromatic heterocycles. The third kappa shape index (κ3) is 10.3. The van der Waals surface area contributed by atoms with Crippen molar-refractivity contribution in [3.63, 3.8) is 0 Å². The van der Waals surface area contributed by atoms with Crippen LogP contribution < -0.4 is 11.1 Å². The van der Waals surface area contributed by atoms with Crippen LogP contribution >= 0.6 is 0 Å². The Morgan fingerprint density at radius 1 is 1.11 bits per heavy atom. The number of likely N-dealkylation sites (tertiary alicyclic amines) is 1. The first kappa shape index (κ1) is 38.9. The zero-order valence-electron chi connectivity index (χ0n) is 29.0. The lowest BCUT2D eigenvalue weighted by atomic mass is 9.89. The van der Waals surface area contributed by atoms with Crippen LogP contribution in [0.4, 0.5) is 0 Å². The highest BCUT2D eigenvalue weighted by Crippen LogP contribution is 2.30. The Morgan fingerprint density at radius 3 is 2.33 bits per heavy atom. The molecular weight excluding hydrogens is 576 g/mol. The van der Waals surface area contributed by atoms with Crippen LogP contribution in [0.1, 0.15) is 79.6 Å². The molecule has 1 fully saturated rings. The van der Waals surface area contributed by atoms with Crippen LogP contribution in [0, 0.1) is 17.8 Å². The quantitative estimate of drug-likeness (QED) is 0.195. The third-order valence-electron chi connectivity index (χ3n) is 9.70. The van der Waals surface area contributed by atoms with Crippen LogP contribution in [0.15, 0.2) is 23.8 Å². The number of rotatable bonds is 18. The van der Waals surface area contributed by atoms with Crippen molar-refractivity contribution < 1.29 is 33.7 Å². The first-order valence-electron chi connectivity index (χ1n) is 16.6. The number of ether oxygens (including phenoxy) is 3. The van der Waals surface area contributed by atoms with E-state index in [4.69, 9.17) is 19.9 Å². The Bertz CT molecular complexity index is 1020. The molecule has 9 atom stereocenters. The van der Waals surface area contributed by atoms with E-state index in [0.717, 1.165) is 31.3 Å². The highest BCUT2D eigenvalue weighted by molar-refractivity contribution is 5.83. The lowest BCUT2D eigenvalue weighted by molar-refractivity contribution is -0.147. The summed E-state index contributed by atoms with van der Waals surface area (Å²) in [6.07, 6.45) is 8.61. The van der Waals surface area contributed by atoms with Crippen molar-refractivity contribution in [2.24, 2.45) is 23.5 Å². The number of allylic oxidation sites excluding steroid dienone is 3. The van der Waals surface area contributed by atoms with Crippen LogP contribution in [0.5, 0.6) is 0 Å². The number of hydrogen-bond donors (Lipinski definition) is 3. The van der Waals surface area contributed by atoms with Gasteiger partial charge in [-0.05, 0) is 43.9 Å². The average molecular weight is 637 g/mol. The lowest BCUT2D eigenvalue weighted by Crippen LogP contribution is -2.56. The lowest BCUT2D eigenvalue weighted by Gasteiger charge is -2.40. The predicted molar refractivity (Wildman–Crippen MR) is 175 cm³/mol. The zero-order chi connectivity index (χ0) is 33.8. The highest BCUT2D eigenvalue weighted by Gasteiger charge is 2.42. The summed E-state index contributed by atoms with van der Waals surface area (Å²) in [7, 11) is 6.28. The van der Waals surface area contributed by atoms with E-state index in [1.54, 1.807) is 38.0 Å². The smallest absolute Gasteiger partial charge is 0.239 e. The zero-order valence-corrected chi connectivity index (χ0v) is 29.0. The summed E-state index contributed by atoms with van der Waals surface area (Å²) in [5, 5.41) is 13.5. The molecule has 1 heterocycles. The maximum absolute atomic E-state index is 13.9. The topological polar surface area (TPSA) is 144 Å². The maximum Gasteiger partial charge on any atom is 0.239 e. The Morgan fingerprint density at radius 2 is 1.80 bits per heavy atom. The minimum atomic E-state index is -1.17. The standard InChI is InChI=1S/C34H60N4O7/c1-10-22(4)30(37(6)33(41)29(35)21(2)3)27(43-7)20-28(39)38-18-14-17-26(38)31(44-8)23(5)32(40)36-25(34(42)45-9)19-24-15-12-11-13-16-24/h12,15-16,21-23,25-27,29-31,34,42H,10-11,13-14,17-20,35H2,1-9H3,(H,36,40)/t22-,23+,25-,26-,27+,29-,30-,31+,34?/m0/s1. The van der Waals surface area contributed by atoms with Gasteiger partial charge < -0.3 is 40.2 Å². The Labute approximate surface area is 270 Å². The largest absolute Gasteiger partial charge is 0.379 e. The minimum Gasteiger partial charge on any atom is -0.379 e. The summed E-state index contributed by atoms with van der Waals surface area (Å²) in [6, 6.07) is -1.94. The van der Waals surface area contributed by atoms with Crippen molar-refractivity contribution in [1.82, 2.24) is 15.1 Å². The van der Waals surface area contributed by atoms with Gasteiger partial charge in [-0.15, -0.1) is 0 Å². The van der Waals surface area contributed by atoms with Gasteiger partial charge in [0.05, 0.1) is 48.7 Å². The molecule has 1 aliphatic carbocycles. The van der Waals surface area contributed by atoms with Crippen LogP contribution in [-0.4, -0.2) is 110 Å². The minimum absolute atomic E-state index is 0.0232. The molecule has 1 unspecified atom stereocenters. The monoisotopic (exact) mass is 636 g/mol. The van der Waals surface area contributed by atoms with E-state index in [2.05, 4.69) is 31.3 Å². The summed E-state index contributed by atoms with van der Waals surface area (Å²) in [5.41, 5.74) is 7.26. The molecule has 258 valence electrons. The third-order valence-corrected chi connectivity index (χ3v) is 9.70. The van der Waals surface area contributed by atoms with Crippen molar-refractivity contribution in [1.29, 1.82) is 0 Å². The van der Waals surface area contributed by atoms with Crippen molar-refractivity contribution in [2.45, 2.75) is 122 Å². The van der Waals surface area contributed by atoms with Crippen molar-refractivity contribution in [3.8, 4) is 0 Å². The number of nitrogens with two attached hydrogens (primary N) is 1.